The fraction of sp³-hybridized carbons (Fsp3) is 0.500. The normalized spacial score (nSPS) is 15.5. The molecule has 0 spiro atoms. The third-order valence-electron chi connectivity index (χ3n) is 4.39. The Bertz CT molecular complexity index is 693. The Hall–Kier alpha value is -2.28. The van der Waals surface area contributed by atoms with E-state index in [0.717, 1.165) is 39.0 Å². The summed E-state index contributed by atoms with van der Waals surface area (Å²) >= 11 is 0. The minimum absolute atomic E-state index is 0.250. The number of carbonyl (C=O) groups excluding carboxylic acids is 1. The summed E-state index contributed by atoms with van der Waals surface area (Å²) in [4.78, 5) is 20.6. The molecule has 2 aromatic rings. The summed E-state index contributed by atoms with van der Waals surface area (Å²) < 4.78 is 18.2. The molecule has 1 aliphatic heterocycles. The van der Waals surface area contributed by atoms with Gasteiger partial charge in [0.2, 0.25) is 5.91 Å². The van der Waals surface area contributed by atoms with Gasteiger partial charge in [-0.25, -0.2) is 4.39 Å². The molecule has 0 bridgehead atoms. The van der Waals surface area contributed by atoms with Gasteiger partial charge in [0.05, 0.1) is 6.54 Å². The molecule has 7 heteroatoms. The van der Waals surface area contributed by atoms with E-state index in [1.807, 2.05) is 4.90 Å². The molecule has 25 heavy (non-hydrogen) atoms. The molecule has 1 saturated heterocycles. The van der Waals surface area contributed by atoms with Crippen molar-refractivity contribution in [2.45, 2.75) is 32.7 Å². The van der Waals surface area contributed by atoms with E-state index in [1.54, 1.807) is 12.1 Å². The minimum Gasteiger partial charge on any atom is -0.340 e. The summed E-state index contributed by atoms with van der Waals surface area (Å²) in [5.74, 6) is 0.947. The maximum Gasteiger partial charge on any atom is 0.257 e. The molecular weight excluding hydrogens is 323 g/mol. The molecular formula is C18H23FN4O2. The number of halogens is 1. The van der Waals surface area contributed by atoms with Gasteiger partial charge < -0.3 is 9.42 Å². The molecule has 6 nitrogen and oxygen atoms in total. The van der Waals surface area contributed by atoms with Crippen LogP contribution in [0.25, 0.3) is 11.5 Å². The van der Waals surface area contributed by atoms with Crippen molar-refractivity contribution in [3.05, 3.63) is 35.9 Å². The van der Waals surface area contributed by atoms with Crippen LogP contribution in [0.4, 0.5) is 4.39 Å². The maximum absolute atomic E-state index is 13.0. The van der Waals surface area contributed by atoms with Gasteiger partial charge in [0.25, 0.3) is 5.89 Å². The van der Waals surface area contributed by atoms with Gasteiger partial charge in [0, 0.05) is 38.2 Å². The number of unbranched alkanes of at least 4 members (excludes halogenated alkanes) is 1. The van der Waals surface area contributed by atoms with Gasteiger partial charge in [-0.3, -0.25) is 9.69 Å². The summed E-state index contributed by atoms with van der Waals surface area (Å²) in [5.41, 5.74) is 0.700. The molecule has 1 aromatic carbocycles. The van der Waals surface area contributed by atoms with Crippen molar-refractivity contribution in [1.82, 2.24) is 19.9 Å². The zero-order valence-corrected chi connectivity index (χ0v) is 14.4. The highest BCUT2D eigenvalue weighted by Gasteiger charge is 2.22. The lowest BCUT2D eigenvalue weighted by Crippen LogP contribution is -2.48. The number of hydrogen-bond donors (Lipinski definition) is 0. The molecule has 0 saturated carbocycles. The van der Waals surface area contributed by atoms with Crippen LogP contribution in [0.5, 0.6) is 0 Å². The zero-order valence-electron chi connectivity index (χ0n) is 14.4. The van der Waals surface area contributed by atoms with E-state index in [2.05, 4.69) is 22.0 Å². The van der Waals surface area contributed by atoms with Crippen molar-refractivity contribution in [2.75, 3.05) is 26.2 Å². The first-order valence-corrected chi connectivity index (χ1v) is 8.74. The topological polar surface area (TPSA) is 62.5 Å². The van der Waals surface area contributed by atoms with Crippen molar-refractivity contribution >= 4 is 5.91 Å². The van der Waals surface area contributed by atoms with Crippen molar-refractivity contribution in [3.8, 4) is 11.5 Å². The fourth-order valence-corrected chi connectivity index (χ4v) is 2.87. The zero-order chi connectivity index (χ0) is 17.6. The number of hydrogen-bond acceptors (Lipinski definition) is 5. The van der Waals surface area contributed by atoms with Crippen LogP contribution in [-0.2, 0) is 11.3 Å². The molecule has 0 unspecified atom stereocenters. The standard InChI is InChI=1S/C18H23FN4O2/c1-2-3-4-17(24)23-11-9-22(10-12-23)13-16-20-18(25-21-16)14-5-7-15(19)8-6-14/h5-8H,2-4,9-13H2,1H3. The second-order valence-electron chi connectivity index (χ2n) is 6.28. The molecule has 134 valence electrons. The monoisotopic (exact) mass is 346 g/mol. The highest BCUT2D eigenvalue weighted by atomic mass is 19.1. The van der Waals surface area contributed by atoms with Crippen LogP contribution >= 0.6 is 0 Å². The second kappa shape index (κ2) is 8.20. The molecule has 0 radical (unpaired) electrons. The predicted octanol–water partition coefficient (Wildman–Crippen LogP) is 2.71. The third-order valence-corrected chi connectivity index (χ3v) is 4.39. The van der Waals surface area contributed by atoms with Crippen LogP contribution in [0.1, 0.15) is 32.0 Å². The molecule has 1 aliphatic rings. The van der Waals surface area contributed by atoms with Gasteiger partial charge >= 0.3 is 0 Å². The Labute approximate surface area is 146 Å². The number of carbonyl (C=O) groups is 1. The van der Waals surface area contributed by atoms with Gasteiger partial charge in [-0.15, -0.1) is 0 Å². The van der Waals surface area contributed by atoms with Gasteiger partial charge in [0.15, 0.2) is 5.82 Å². The number of rotatable bonds is 6. The van der Waals surface area contributed by atoms with Gasteiger partial charge in [0.1, 0.15) is 5.82 Å². The summed E-state index contributed by atoms with van der Waals surface area (Å²) in [6.45, 7) is 5.77. The van der Waals surface area contributed by atoms with E-state index < -0.39 is 0 Å². The molecule has 0 aliphatic carbocycles. The summed E-state index contributed by atoms with van der Waals surface area (Å²) in [5, 5.41) is 4.00. The first-order chi connectivity index (χ1) is 12.2. The lowest BCUT2D eigenvalue weighted by Gasteiger charge is -2.34. The Balaban J connectivity index is 1.51. The van der Waals surface area contributed by atoms with Crippen LogP contribution in [0.2, 0.25) is 0 Å². The van der Waals surface area contributed by atoms with Crippen LogP contribution in [0, 0.1) is 5.82 Å². The molecule has 2 heterocycles. The minimum atomic E-state index is -0.296. The van der Waals surface area contributed by atoms with E-state index in [0.29, 0.717) is 30.2 Å². The van der Waals surface area contributed by atoms with E-state index in [-0.39, 0.29) is 11.7 Å². The fourth-order valence-electron chi connectivity index (χ4n) is 2.87. The van der Waals surface area contributed by atoms with Crippen LogP contribution in [-0.4, -0.2) is 52.0 Å². The Kier molecular flexibility index (Phi) is 5.75. The van der Waals surface area contributed by atoms with E-state index in [4.69, 9.17) is 4.52 Å². The number of benzene rings is 1. The number of piperazine rings is 1. The lowest BCUT2D eigenvalue weighted by atomic mass is 10.2. The van der Waals surface area contributed by atoms with Crippen molar-refractivity contribution in [2.24, 2.45) is 0 Å². The second-order valence-corrected chi connectivity index (χ2v) is 6.28. The van der Waals surface area contributed by atoms with Crippen LogP contribution in [0.15, 0.2) is 28.8 Å². The largest absolute Gasteiger partial charge is 0.340 e. The average molecular weight is 346 g/mol. The summed E-state index contributed by atoms with van der Waals surface area (Å²) in [7, 11) is 0. The van der Waals surface area contributed by atoms with E-state index in [1.165, 1.54) is 12.1 Å². The number of amides is 1. The Morgan fingerprint density at radius 3 is 2.60 bits per heavy atom. The van der Waals surface area contributed by atoms with Crippen LogP contribution in [0.3, 0.4) is 0 Å². The van der Waals surface area contributed by atoms with Gasteiger partial charge in [-0.1, -0.05) is 18.5 Å². The molecule has 3 rings (SSSR count). The number of aromatic nitrogens is 2. The maximum atomic E-state index is 13.0. The molecule has 0 N–H and O–H groups in total. The smallest absolute Gasteiger partial charge is 0.257 e. The molecule has 1 amide bonds. The highest BCUT2D eigenvalue weighted by Crippen LogP contribution is 2.18. The quantitative estimate of drug-likeness (QED) is 0.805. The van der Waals surface area contributed by atoms with Crippen molar-refractivity contribution in [3.63, 3.8) is 0 Å². The first kappa shape index (κ1) is 17.5. The van der Waals surface area contributed by atoms with E-state index in [9.17, 15) is 9.18 Å². The molecule has 1 fully saturated rings. The van der Waals surface area contributed by atoms with Crippen LogP contribution < -0.4 is 0 Å². The first-order valence-electron chi connectivity index (χ1n) is 8.74. The average Bonchev–Trinajstić information content (AvgIpc) is 3.09. The van der Waals surface area contributed by atoms with Crippen molar-refractivity contribution in [1.29, 1.82) is 0 Å². The van der Waals surface area contributed by atoms with Gasteiger partial charge in [-0.2, -0.15) is 4.98 Å². The Morgan fingerprint density at radius 2 is 1.92 bits per heavy atom. The molecule has 0 atom stereocenters. The van der Waals surface area contributed by atoms with Crippen molar-refractivity contribution < 1.29 is 13.7 Å². The van der Waals surface area contributed by atoms with Gasteiger partial charge in [-0.05, 0) is 30.7 Å². The number of nitrogens with zero attached hydrogens (tertiary/aromatic N) is 4. The predicted molar refractivity (Wildman–Crippen MR) is 91.1 cm³/mol. The Morgan fingerprint density at radius 1 is 1.20 bits per heavy atom. The SMILES string of the molecule is CCCCC(=O)N1CCN(Cc2noc(-c3ccc(F)cc3)n2)CC1. The highest BCUT2D eigenvalue weighted by molar-refractivity contribution is 5.76. The summed E-state index contributed by atoms with van der Waals surface area (Å²) in [6.07, 6.45) is 2.64. The summed E-state index contributed by atoms with van der Waals surface area (Å²) in [6, 6.07) is 5.97. The third kappa shape index (κ3) is 4.63. The molecule has 1 aromatic heterocycles. The lowest BCUT2D eigenvalue weighted by molar-refractivity contribution is -0.133. The van der Waals surface area contributed by atoms with E-state index >= 15 is 0 Å².